The average Bonchev–Trinajstić information content (AvgIpc) is 2.41. The van der Waals surface area contributed by atoms with E-state index in [2.05, 4.69) is 14.2 Å². The number of carbonyl (C=O) groups excluding carboxylic acids is 1. The van der Waals surface area contributed by atoms with Gasteiger partial charge in [-0.1, -0.05) is 31.2 Å². The van der Waals surface area contributed by atoms with Crippen molar-refractivity contribution in [2.24, 2.45) is 0 Å². The Balaban J connectivity index is 2.51. The monoisotopic (exact) mass is 276 g/mol. The van der Waals surface area contributed by atoms with E-state index < -0.39 is 5.82 Å². The molecule has 19 heavy (non-hydrogen) atoms. The Morgan fingerprint density at radius 2 is 2.00 bits per heavy atom. The van der Waals surface area contributed by atoms with Crippen molar-refractivity contribution in [1.29, 1.82) is 0 Å². The molecule has 0 saturated carbocycles. The highest BCUT2D eigenvalue weighted by molar-refractivity contribution is 7.17. The number of hydrogen-bond donors (Lipinski definition) is 1. The van der Waals surface area contributed by atoms with E-state index in [1.807, 2.05) is 19.1 Å². The number of nitrogens with zero attached hydrogens (tertiary/aromatic N) is 1. The Hall–Kier alpha value is -1.80. The molecule has 0 fully saturated rings. The maximum Gasteiger partial charge on any atom is 0.172 e. The van der Waals surface area contributed by atoms with Gasteiger partial charge >= 0.3 is 0 Å². The summed E-state index contributed by atoms with van der Waals surface area (Å²) in [4.78, 5) is 14.7. The Bertz CT molecular complexity index is 612. The molecular weight excluding hydrogens is 262 g/mol. The van der Waals surface area contributed by atoms with Crippen LogP contribution in [0.3, 0.4) is 0 Å². The van der Waals surface area contributed by atoms with E-state index >= 15 is 0 Å². The third-order valence-electron chi connectivity index (χ3n) is 2.84. The number of benzene rings is 1. The lowest BCUT2D eigenvalue weighted by molar-refractivity contribution is 0.111. The molecule has 1 heterocycles. The second kappa shape index (κ2) is 5.45. The zero-order chi connectivity index (χ0) is 14.0. The van der Waals surface area contributed by atoms with Crippen LogP contribution >= 0.6 is 9.24 Å². The van der Waals surface area contributed by atoms with E-state index in [4.69, 9.17) is 5.73 Å². The number of aromatic nitrogens is 1. The van der Waals surface area contributed by atoms with Gasteiger partial charge < -0.3 is 5.73 Å². The quantitative estimate of drug-likeness (QED) is 0.691. The van der Waals surface area contributed by atoms with Gasteiger partial charge in [0, 0.05) is 5.56 Å². The van der Waals surface area contributed by atoms with Gasteiger partial charge in [0.25, 0.3) is 0 Å². The van der Waals surface area contributed by atoms with Crippen molar-refractivity contribution in [3.63, 3.8) is 0 Å². The molecule has 0 aliphatic heterocycles. The minimum absolute atomic E-state index is 0.0735. The molecule has 5 heteroatoms. The summed E-state index contributed by atoms with van der Waals surface area (Å²) in [6.07, 6.45) is 0.554. The molecular formula is C14H14FN2OP. The Kier molecular flexibility index (Phi) is 3.91. The molecule has 0 spiro atoms. The predicted molar refractivity (Wildman–Crippen MR) is 77.6 cm³/mol. The minimum atomic E-state index is -0.600. The van der Waals surface area contributed by atoms with Gasteiger partial charge in [0.2, 0.25) is 0 Å². The SMILES string of the molecule is CC(P)c1ccc(-c2nc(C=O)cc(N)c2F)cc1. The lowest BCUT2D eigenvalue weighted by Crippen LogP contribution is -2.00. The first-order valence-corrected chi connectivity index (χ1v) is 6.46. The normalized spacial score (nSPS) is 12.2. The molecule has 0 radical (unpaired) electrons. The molecule has 0 saturated heterocycles. The summed E-state index contributed by atoms with van der Waals surface area (Å²) < 4.78 is 14.0. The van der Waals surface area contributed by atoms with Gasteiger partial charge in [-0.2, -0.15) is 0 Å². The average molecular weight is 276 g/mol. The highest BCUT2D eigenvalue weighted by Gasteiger charge is 2.12. The first kappa shape index (κ1) is 13.6. The van der Waals surface area contributed by atoms with Crippen LogP contribution in [0.1, 0.15) is 28.6 Å². The minimum Gasteiger partial charge on any atom is -0.396 e. The van der Waals surface area contributed by atoms with E-state index in [0.717, 1.165) is 5.56 Å². The van der Waals surface area contributed by atoms with Gasteiger partial charge in [-0.25, -0.2) is 9.37 Å². The van der Waals surface area contributed by atoms with Crippen LogP contribution < -0.4 is 5.73 Å². The number of halogens is 1. The van der Waals surface area contributed by atoms with Gasteiger partial charge in [-0.15, -0.1) is 9.24 Å². The van der Waals surface area contributed by atoms with E-state index in [0.29, 0.717) is 17.5 Å². The summed E-state index contributed by atoms with van der Waals surface area (Å²) in [7, 11) is 2.69. The molecule has 0 amide bonds. The molecule has 2 N–H and O–H groups in total. The zero-order valence-electron chi connectivity index (χ0n) is 10.4. The number of carbonyl (C=O) groups is 1. The van der Waals surface area contributed by atoms with Crippen molar-refractivity contribution >= 4 is 21.2 Å². The molecule has 2 unspecified atom stereocenters. The Morgan fingerprint density at radius 3 is 2.53 bits per heavy atom. The fourth-order valence-corrected chi connectivity index (χ4v) is 1.99. The van der Waals surface area contributed by atoms with Crippen LogP contribution in [0, 0.1) is 5.82 Å². The van der Waals surface area contributed by atoms with Crippen molar-refractivity contribution in [1.82, 2.24) is 4.98 Å². The zero-order valence-corrected chi connectivity index (χ0v) is 11.6. The highest BCUT2D eigenvalue weighted by Crippen LogP contribution is 2.28. The molecule has 0 bridgehead atoms. The van der Waals surface area contributed by atoms with Crippen molar-refractivity contribution in [3.05, 3.63) is 47.4 Å². The lowest BCUT2D eigenvalue weighted by Gasteiger charge is -2.09. The van der Waals surface area contributed by atoms with Crippen molar-refractivity contribution in [2.45, 2.75) is 12.6 Å². The van der Waals surface area contributed by atoms with Crippen LogP contribution in [0.5, 0.6) is 0 Å². The van der Waals surface area contributed by atoms with E-state index in [1.54, 1.807) is 12.1 Å². The summed E-state index contributed by atoms with van der Waals surface area (Å²) in [5.74, 6) is -0.600. The number of pyridine rings is 1. The van der Waals surface area contributed by atoms with Crippen LogP contribution in [0.15, 0.2) is 30.3 Å². The van der Waals surface area contributed by atoms with Gasteiger partial charge in [-0.3, -0.25) is 4.79 Å². The number of rotatable bonds is 3. The molecule has 2 atom stereocenters. The fraction of sp³-hybridized carbons (Fsp3) is 0.143. The summed E-state index contributed by atoms with van der Waals surface area (Å²) in [6, 6.07) is 8.57. The summed E-state index contributed by atoms with van der Waals surface area (Å²) >= 11 is 0. The highest BCUT2D eigenvalue weighted by atomic mass is 31.0. The molecule has 3 nitrogen and oxygen atoms in total. The molecule has 0 aliphatic carbocycles. The maximum atomic E-state index is 14.0. The first-order valence-electron chi connectivity index (χ1n) is 5.80. The van der Waals surface area contributed by atoms with Crippen LogP contribution in [0.25, 0.3) is 11.3 Å². The number of nitrogen functional groups attached to an aromatic ring is 1. The molecule has 2 rings (SSSR count). The largest absolute Gasteiger partial charge is 0.396 e. The van der Waals surface area contributed by atoms with Gasteiger partial charge in [0.15, 0.2) is 12.1 Å². The van der Waals surface area contributed by atoms with Crippen LogP contribution in [0.2, 0.25) is 0 Å². The lowest BCUT2D eigenvalue weighted by atomic mass is 10.1. The summed E-state index contributed by atoms with van der Waals surface area (Å²) in [5.41, 5.74) is 7.72. The number of anilines is 1. The van der Waals surface area contributed by atoms with E-state index in [9.17, 15) is 9.18 Å². The van der Waals surface area contributed by atoms with Gasteiger partial charge in [-0.05, 0) is 17.3 Å². The van der Waals surface area contributed by atoms with Crippen LogP contribution in [-0.2, 0) is 0 Å². The summed E-state index contributed by atoms with van der Waals surface area (Å²) in [5, 5.41) is 0. The number of nitrogens with two attached hydrogens (primary N) is 1. The second-order valence-corrected chi connectivity index (χ2v) is 5.33. The Labute approximate surface area is 113 Å². The topological polar surface area (TPSA) is 56.0 Å². The second-order valence-electron chi connectivity index (χ2n) is 4.33. The van der Waals surface area contributed by atoms with Gasteiger partial charge in [0.05, 0.1) is 5.69 Å². The van der Waals surface area contributed by atoms with E-state index in [-0.39, 0.29) is 17.1 Å². The Morgan fingerprint density at radius 1 is 1.37 bits per heavy atom. The standard InChI is InChI=1S/C14H14FN2OP/c1-8(19)9-2-4-10(5-3-9)14-13(15)12(16)6-11(7-18)17-14/h2-8H,19H2,1H3,(H2,16,17). The van der Waals surface area contributed by atoms with Crippen molar-refractivity contribution in [3.8, 4) is 11.3 Å². The third-order valence-corrected chi connectivity index (χ3v) is 3.22. The predicted octanol–water partition coefficient (Wildman–Crippen LogP) is 3.22. The van der Waals surface area contributed by atoms with E-state index in [1.165, 1.54) is 6.07 Å². The maximum absolute atomic E-state index is 14.0. The molecule has 0 aliphatic rings. The first-order chi connectivity index (χ1) is 9.02. The number of hydrogen-bond acceptors (Lipinski definition) is 3. The number of aldehydes is 1. The summed E-state index contributed by atoms with van der Waals surface area (Å²) in [6.45, 7) is 2.05. The molecule has 1 aromatic heterocycles. The van der Waals surface area contributed by atoms with Crippen LogP contribution in [0.4, 0.5) is 10.1 Å². The molecule has 2 aromatic rings. The smallest absolute Gasteiger partial charge is 0.172 e. The van der Waals surface area contributed by atoms with Crippen LogP contribution in [-0.4, -0.2) is 11.3 Å². The molecule has 98 valence electrons. The van der Waals surface area contributed by atoms with Crippen molar-refractivity contribution in [2.75, 3.05) is 5.73 Å². The molecule has 1 aromatic carbocycles. The fourth-order valence-electron chi connectivity index (χ4n) is 1.77. The van der Waals surface area contributed by atoms with Crippen molar-refractivity contribution < 1.29 is 9.18 Å². The third kappa shape index (κ3) is 2.79. The van der Waals surface area contributed by atoms with Gasteiger partial charge in [0.1, 0.15) is 11.4 Å².